The fourth-order valence-electron chi connectivity index (χ4n) is 3.30. The molecule has 2 rings (SSSR count). The minimum atomic E-state index is -0.573. The molecule has 1 amide bonds. The van der Waals surface area contributed by atoms with Crippen molar-refractivity contribution >= 4 is 18.3 Å². The van der Waals surface area contributed by atoms with Crippen molar-refractivity contribution in [2.24, 2.45) is 5.73 Å². The number of halogens is 1. The second-order valence-electron chi connectivity index (χ2n) is 6.17. The molecule has 1 aliphatic carbocycles. The van der Waals surface area contributed by atoms with Crippen molar-refractivity contribution in [3.8, 4) is 0 Å². The van der Waals surface area contributed by atoms with E-state index in [1.807, 2.05) is 11.9 Å². The largest absolute Gasteiger partial charge is 0.341 e. The molecule has 5 heteroatoms. The van der Waals surface area contributed by atoms with E-state index in [0.29, 0.717) is 6.04 Å². The van der Waals surface area contributed by atoms with E-state index < -0.39 is 5.54 Å². The number of piperidine rings is 1. The third-order valence-corrected chi connectivity index (χ3v) is 4.73. The molecule has 1 aliphatic heterocycles. The highest BCUT2D eigenvalue weighted by atomic mass is 35.5. The summed E-state index contributed by atoms with van der Waals surface area (Å²) in [5, 5.41) is 0. The predicted molar refractivity (Wildman–Crippen MR) is 80.5 cm³/mol. The lowest BCUT2D eigenvalue weighted by molar-refractivity contribution is -0.139. The van der Waals surface area contributed by atoms with Crippen LogP contribution in [0.15, 0.2) is 0 Å². The molecule has 0 aromatic carbocycles. The number of carbonyl (C=O) groups excluding carboxylic acids is 1. The molecule has 0 atom stereocenters. The Balaban J connectivity index is 0.00000180. The molecule has 0 radical (unpaired) electrons. The van der Waals surface area contributed by atoms with Gasteiger partial charge in [-0.15, -0.1) is 12.4 Å². The lowest BCUT2D eigenvalue weighted by Gasteiger charge is -2.41. The van der Waals surface area contributed by atoms with Gasteiger partial charge in [0.15, 0.2) is 0 Å². The van der Waals surface area contributed by atoms with E-state index in [9.17, 15) is 4.79 Å². The fourth-order valence-corrected chi connectivity index (χ4v) is 3.30. The minimum absolute atomic E-state index is 0. The zero-order chi connectivity index (χ0) is 13.2. The van der Waals surface area contributed by atoms with Gasteiger partial charge in [-0.05, 0) is 45.8 Å². The van der Waals surface area contributed by atoms with E-state index in [1.54, 1.807) is 0 Å². The maximum atomic E-state index is 12.6. The van der Waals surface area contributed by atoms with Crippen LogP contribution in [0, 0.1) is 0 Å². The average molecular weight is 290 g/mol. The molecule has 0 bridgehead atoms. The molecule has 0 aromatic rings. The molecule has 2 N–H and O–H groups in total. The number of likely N-dealkylation sites (N-methyl/N-ethyl adjacent to an activating group) is 1. The molecular weight excluding hydrogens is 262 g/mol. The second kappa shape index (κ2) is 6.91. The van der Waals surface area contributed by atoms with Gasteiger partial charge in [-0.1, -0.05) is 19.3 Å². The average Bonchev–Trinajstić information content (AvgIpc) is 2.39. The fraction of sp³-hybridized carbons (Fsp3) is 0.929. The standard InChI is InChI=1S/C14H27N3O.ClH/c1-16-10-6-12(7-11-16)17(2)13(18)14(15)8-4-3-5-9-14;/h12H,3-11,15H2,1-2H3;1H. The molecule has 2 fully saturated rings. The summed E-state index contributed by atoms with van der Waals surface area (Å²) in [5.74, 6) is 0.178. The molecule has 0 spiro atoms. The smallest absolute Gasteiger partial charge is 0.242 e. The van der Waals surface area contributed by atoms with Crippen LogP contribution in [-0.4, -0.2) is 54.5 Å². The predicted octanol–water partition coefficient (Wildman–Crippen LogP) is 1.62. The van der Waals surface area contributed by atoms with Gasteiger partial charge in [0.25, 0.3) is 0 Å². The highest BCUT2D eigenvalue weighted by molar-refractivity contribution is 5.86. The van der Waals surface area contributed by atoms with Gasteiger partial charge in [0.1, 0.15) is 0 Å². The van der Waals surface area contributed by atoms with E-state index in [1.165, 1.54) is 6.42 Å². The Morgan fingerprint density at radius 2 is 1.74 bits per heavy atom. The highest BCUT2D eigenvalue weighted by Crippen LogP contribution is 2.29. The Bertz CT molecular complexity index is 297. The molecular formula is C14H28ClN3O. The van der Waals surface area contributed by atoms with Crippen molar-refractivity contribution in [1.82, 2.24) is 9.80 Å². The van der Waals surface area contributed by atoms with Gasteiger partial charge in [-0.2, -0.15) is 0 Å². The molecule has 2 aliphatic rings. The number of amides is 1. The zero-order valence-electron chi connectivity index (χ0n) is 12.2. The van der Waals surface area contributed by atoms with Crippen LogP contribution in [0.3, 0.4) is 0 Å². The van der Waals surface area contributed by atoms with Crippen LogP contribution in [0.2, 0.25) is 0 Å². The van der Waals surface area contributed by atoms with Crippen molar-refractivity contribution in [3.63, 3.8) is 0 Å². The maximum Gasteiger partial charge on any atom is 0.242 e. The quantitative estimate of drug-likeness (QED) is 0.840. The number of hydrogen-bond acceptors (Lipinski definition) is 3. The van der Waals surface area contributed by atoms with Gasteiger partial charge in [-0.3, -0.25) is 4.79 Å². The summed E-state index contributed by atoms with van der Waals surface area (Å²) in [6, 6.07) is 0.385. The summed E-state index contributed by atoms with van der Waals surface area (Å²) < 4.78 is 0. The van der Waals surface area contributed by atoms with Crippen molar-refractivity contribution in [2.75, 3.05) is 27.2 Å². The van der Waals surface area contributed by atoms with Crippen molar-refractivity contribution in [3.05, 3.63) is 0 Å². The van der Waals surface area contributed by atoms with Crippen LogP contribution in [0.5, 0.6) is 0 Å². The molecule has 1 heterocycles. The molecule has 19 heavy (non-hydrogen) atoms. The first-order chi connectivity index (χ1) is 8.53. The summed E-state index contributed by atoms with van der Waals surface area (Å²) in [7, 11) is 4.09. The number of hydrogen-bond donors (Lipinski definition) is 1. The SMILES string of the molecule is CN1CCC(N(C)C(=O)C2(N)CCCCC2)CC1.Cl. The van der Waals surface area contributed by atoms with Gasteiger partial charge in [0.2, 0.25) is 5.91 Å². The number of nitrogens with zero attached hydrogens (tertiary/aromatic N) is 2. The monoisotopic (exact) mass is 289 g/mol. The lowest BCUT2D eigenvalue weighted by atomic mass is 9.81. The Hall–Kier alpha value is -0.320. The van der Waals surface area contributed by atoms with Gasteiger partial charge >= 0.3 is 0 Å². The van der Waals surface area contributed by atoms with Gasteiger partial charge in [0, 0.05) is 13.1 Å². The number of nitrogens with two attached hydrogens (primary N) is 1. The first-order valence-electron chi connectivity index (χ1n) is 7.28. The van der Waals surface area contributed by atoms with E-state index in [0.717, 1.165) is 51.6 Å². The van der Waals surface area contributed by atoms with E-state index >= 15 is 0 Å². The zero-order valence-corrected chi connectivity index (χ0v) is 13.0. The first kappa shape index (κ1) is 16.7. The van der Waals surface area contributed by atoms with Crippen LogP contribution in [-0.2, 0) is 4.79 Å². The summed E-state index contributed by atoms with van der Waals surface area (Å²) in [4.78, 5) is 16.9. The Morgan fingerprint density at radius 3 is 2.26 bits per heavy atom. The van der Waals surface area contributed by atoms with Crippen LogP contribution in [0.4, 0.5) is 0 Å². The molecule has 0 aromatic heterocycles. The first-order valence-corrected chi connectivity index (χ1v) is 7.28. The Labute approximate surface area is 123 Å². The normalized spacial score (nSPS) is 24.6. The van der Waals surface area contributed by atoms with Crippen LogP contribution in [0.1, 0.15) is 44.9 Å². The Morgan fingerprint density at radius 1 is 1.21 bits per heavy atom. The van der Waals surface area contributed by atoms with Gasteiger partial charge in [0.05, 0.1) is 5.54 Å². The van der Waals surface area contributed by atoms with Crippen molar-refractivity contribution in [2.45, 2.75) is 56.5 Å². The maximum absolute atomic E-state index is 12.6. The van der Waals surface area contributed by atoms with Crippen LogP contribution in [0.25, 0.3) is 0 Å². The minimum Gasteiger partial charge on any atom is -0.341 e. The second-order valence-corrected chi connectivity index (χ2v) is 6.17. The summed E-state index contributed by atoms with van der Waals surface area (Å²) >= 11 is 0. The van der Waals surface area contributed by atoms with E-state index in [-0.39, 0.29) is 18.3 Å². The number of likely N-dealkylation sites (tertiary alicyclic amines) is 1. The number of carbonyl (C=O) groups is 1. The van der Waals surface area contributed by atoms with Gasteiger partial charge < -0.3 is 15.5 Å². The topological polar surface area (TPSA) is 49.6 Å². The van der Waals surface area contributed by atoms with Gasteiger partial charge in [-0.25, -0.2) is 0 Å². The van der Waals surface area contributed by atoms with Crippen molar-refractivity contribution < 1.29 is 4.79 Å². The van der Waals surface area contributed by atoms with Crippen molar-refractivity contribution in [1.29, 1.82) is 0 Å². The molecule has 1 saturated carbocycles. The Kier molecular flexibility index (Phi) is 6.09. The number of rotatable bonds is 2. The summed E-state index contributed by atoms with van der Waals surface area (Å²) in [6.45, 7) is 2.17. The van der Waals surface area contributed by atoms with Crippen LogP contribution < -0.4 is 5.73 Å². The summed E-state index contributed by atoms with van der Waals surface area (Å²) in [5.41, 5.74) is 5.76. The molecule has 0 unspecified atom stereocenters. The molecule has 112 valence electrons. The van der Waals surface area contributed by atoms with E-state index in [2.05, 4.69) is 11.9 Å². The third-order valence-electron chi connectivity index (χ3n) is 4.73. The molecule has 1 saturated heterocycles. The van der Waals surface area contributed by atoms with E-state index in [4.69, 9.17) is 5.73 Å². The molecule has 4 nitrogen and oxygen atoms in total. The summed E-state index contributed by atoms with van der Waals surface area (Å²) in [6.07, 6.45) is 7.31. The highest BCUT2D eigenvalue weighted by Gasteiger charge is 2.39. The lowest BCUT2D eigenvalue weighted by Crippen LogP contribution is -2.58. The van der Waals surface area contributed by atoms with Crippen LogP contribution >= 0.6 is 12.4 Å². The third kappa shape index (κ3) is 3.83.